The van der Waals surface area contributed by atoms with Crippen LogP contribution in [0.4, 0.5) is 4.79 Å². The van der Waals surface area contributed by atoms with Gasteiger partial charge in [0.15, 0.2) is 5.75 Å². The zero-order chi connectivity index (χ0) is 20.8. The molecule has 1 amide bonds. The minimum absolute atomic E-state index is 0.455. The average Bonchev–Trinajstić information content (AvgIpc) is 2.72. The molecule has 0 fully saturated rings. The highest BCUT2D eigenvalue weighted by Gasteiger charge is 2.14. The Morgan fingerprint density at radius 3 is 2.48 bits per heavy atom. The molecule has 3 rings (SSSR count). The number of likely N-dealkylation sites (N-methyl/N-ethyl adjacent to an activating group) is 1. The van der Waals surface area contributed by atoms with E-state index in [9.17, 15) is 4.79 Å². The zero-order valence-electron chi connectivity index (χ0n) is 17.7. The van der Waals surface area contributed by atoms with E-state index >= 15 is 0 Å². The minimum atomic E-state index is -0.455. The van der Waals surface area contributed by atoms with Crippen molar-refractivity contribution in [1.82, 2.24) is 15.2 Å². The third-order valence-electron chi connectivity index (χ3n) is 5.19. The SMILES string of the molecule is CCN(CC)CCNC(=O)Oc1cnc(-c2ccc(C)cc2C)c2ccccc12. The van der Waals surface area contributed by atoms with Gasteiger partial charge in [0.05, 0.1) is 11.9 Å². The molecule has 2 aromatic carbocycles. The summed E-state index contributed by atoms with van der Waals surface area (Å²) in [7, 11) is 0. The number of nitrogens with one attached hydrogen (secondary N) is 1. The Kier molecular flexibility index (Phi) is 6.83. The van der Waals surface area contributed by atoms with Crippen molar-refractivity contribution in [3.8, 4) is 17.0 Å². The van der Waals surface area contributed by atoms with Gasteiger partial charge >= 0.3 is 6.09 Å². The van der Waals surface area contributed by atoms with E-state index in [0.717, 1.165) is 41.7 Å². The molecule has 5 nitrogen and oxygen atoms in total. The number of nitrogens with zero attached hydrogens (tertiary/aromatic N) is 2. The molecule has 0 bridgehead atoms. The van der Waals surface area contributed by atoms with Crippen LogP contribution < -0.4 is 10.1 Å². The molecule has 1 N–H and O–H groups in total. The first-order valence-electron chi connectivity index (χ1n) is 10.2. The van der Waals surface area contributed by atoms with Crippen molar-refractivity contribution < 1.29 is 9.53 Å². The van der Waals surface area contributed by atoms with E-state index in [-0.39, 0.29) is 0 Å². The van der Waals surface area contributed by atoms with Crippen molar-refractivity contribution in [3.05, 3.63) is 59.8 Å². The molecule has 0 saturated carbocycles. The van der Waals surface area contributed by atoms with Gasteiger partial charge in [-0.05, 0) is 32.5 Å². The molecule has 5 heteroatoms. The van der Waals surface area contributed by atoms with E-state index in [1.165, 1.54) is 11.1 Å². The van der Waals surface area contributed by atoms with Gasteiger partial charge in [-0.2, -0.15) is 0 Å². The maximum atomic E-state index is 12.3. The van der Waals surface area contributed by atoms with Crippen molar-refractivity contribution in [1.29, 1.82) is 0 Å². The minimum Gasteiger partial charge on any atom is -0.408 e. The fourth-order valence-corrected chi connectivity index (χ4v) is 3.53. The number of carbonyl (C=O) groups excluding carboxylic acids is 1. The highest BCUT2D eigenvalue weighted by Crippen LogP contribution is 2.34. The Labute approximate surface area is 172 Å². The summed E-state index contributed by atoms with van der Waals surface area (Å²) in [5.41, 5.74) is 4.37. The quantitative estimate of drug-likeness (QED) is 0.619. The molecular formula is C24H29N3O2. The number of rotatable bonds is 7. The number of aromatic nitrogens is 1. The Bertz CT molecular complexity index is 997. The Morgan fingerprint density at radius 2 is 1.79 bits per heavy atom. The third-order valence-corrected chi connectivity index (χ3v) is 5.19. The lowest BCUT2D eigenvalue weighted by Crippen LogP contribution is -2.36. The molecule has 0 aliphatic carbocycles. The number of carbonyl (C=O) groups is 1. The van der Waals surface area contributed by atoms with Crippen LogP contribution in [0.25, 0.3) is 22.0 Å². The summed E-state index contributed by atoms with van der Waals surface area (Å²) in [4.78, 5) is 19.2. The molecule has 0 radical (unpaired) electrons. The van der Waals surface area contributed by atoms with E-state index in [0.29, 0.717) is 12.3 Å². The molecule has 0 unspecified atom stereocenters. The van der Waals surface area contributed by atoms with Crippen molar-refractivity contribution in [2.75, 3.05) is 26.2 Å². The Morgan fingerprint density at radius 1 is 1.07 bits per heavy atom. The third kappa shape index (κ3) is 4.93. The normalized spacial score (nSPS) is 11.1. The first-order chi connectivity index (χ1) is 14.0. The second-order valence-electron chi connectivity index (χ2n) is 7.18. The van der Waals surface area contributed by atoms with Gasteiger partial charge in [0.1, 0.15) is 0 Å². The standard InChI is InChI=1S/C24H29N3O2/c1-5-27(6-2)14-13-25-24(28)29-22-16-26-23(21-10-8-7-9-20(21)22)19-12-11-17(3)15-18(19)4/h7-12,15-16H,5-6,13-14H2,1-4H3,(H,25,28). The lowest BCUT2D eigenvalue weighted by molar-refractivity contribution is 0.198. The average molecular weight is 392 g/mol. The van der Waals surface area contributed by atoms with Gasteiger partial charge in [-0.15, -0.1) is 0 Å². The van der Waals surface area contributed by atoms with E-state index in [1.807, 2.05) is 24.3 Å². The Hall–Kier alpha value is -2.92. The smallest absolute Gasteiger partial charge is 0.408 e. The zero-order valence-corrected chi connectivity index (χ0v) is 17.7. The summed E-state index contributed by atoms with van der Waals surface area (Å²) in [6.07, 6.45) is 1.18. The number of hydrogen-bond donors (Lipinski definition) is 1. The van der Waals surface area contributed by atoms with Crippen LogP contribution in [0.1, 0.15) is 25.0 Å². The van der Waals surface area contributed by atoms with Gasteiger partial charge in [0, 0.05) is 29.4 Å². The highest BCUT2D eigenvalue weighted by atomic mass is 16.6. The van der Waals surface area contributed by atoms with E-state index < -0.39 is 6.09 Å². The number of hydrogen-bond acceptors (Lipinski definition) is 4. The molecule has 0 aliphatic rings. The lowest BCUT2D eigenvalue weighted by Gasteiger charge is -2.18. The Balaban J connectivity index is 1.83. The molecule has 1 heterocycles. The van der Waals surface area contributed by atoms with Crippen molar-refractivity contribution in [2.24, 2.45) is 0 Å². The molecule has 0 aliphatic heterocycles. The van der Waals surface area contributed by atoms with Gasteiger partial charge in [-0.25, -0.2) is 4.79 Å². The molecular weight excluding hydrogens is 362 g/mol. The van der Waals surface area contributed by atoms with Crippen molar-refractivity contribution >= 4 is 16.9 Å². The van der Waals surface area contributed by atoms with Crippen molar-refractivity contribution in [2.45, 2.75) is 27.7 Å². The van der Waals surface area contributed by atoms with Crippen LogP contribution in [0, 0.1) is 13.8 Å². The first kappa shape index (κ1) is 20.8. The summed E-state index contributed by atoms with van der Waals surface area (Å²) in [6.45, 7) is 11.7. The van der Waals surface area contributed by atoms with Gasteiger partial charge < -0.3 is 15.0 Å². The van der Waals surface area contributed by atoms with E-state index in [1.54, 1.807) is 6.20 Å². The summed E-state index contributed by atoms with van der Waals surface area (Å²) < 4.78 is 5.59. The first-order valence-corrected chi connectivity index (χ1v) is 10.2. The van der Waals surface area contributed by atoms with Gasteiger partial charge in [-0.3, -0.25) is 4.98 Å². The van der Waals surface area contributed by atoms with E-state index in [4.69, 9.17) is 4.74 Å². The predicted molar refractivity (Wildman–Crippen MR) is 118 cm³/mol. The van der Waals surface area contributed by atoms with E-state index in [2.05, 4.69) is 61.1 Å². The van der Waals surface area contributed by atoms with Gasteiger partial charge in [0.25, 0.3) is 0 Å². The molecule has 3 aromatic rings. The highest BCUT2D eigenvalue weighted by molar-refractivity contribution is 5.99. The largest absolute Gasteiger partial charge is 0.412 e. The van der Waals surface area contributed by atoms with Crippen LogP contribution in [-0.2, 0) is 0 Å². The summed E-state index contributed by atoms with van der Waals surface area (Å²) in [6, 6.07) is 14.2. The molecule has 0 saturated heterocycles. The predicted octanol–water partition coefficient (Wildman–Crippen LogP) is 4.95. The van der Waals surface area contributed by atoms with Crippen LogP contribution in [0.15, 0.2) is 48.7 Å². The van der Waals surface area contributed by atoms with Gasteiger partial charge in [0.2, 0.25) is 0 Å². The number of benzene rings is 2. The molecule has 152 valence electrons. The number of aryl methyl sites for hydroxylation is 2. The van der Waals surface area contributed by atoms with Gasteiger partial charge in [-0.1, -0.05) is 61.9 Å². The maximum Gasteiger partial charge on any atom is 0.412 e. The fourth-order valence-electron chi connectivity index (χ4n) is 3.53. The number of pyridine rings is 1. The lowest BCUT2D eigenvalue weighted by atomic mass is 9.98. The van der Waals surface area contributed by atoms with Crippen LogP contribution in [0.5, 0.6) is 5.75 Å². The molecule has 29 heavy (non-hydrogen) atoms. The molecule has 0 spiro atoms. The fraction of sp³-hybridized carbons (Fsp3) is 0.333. The second-order valence-corrected chi connectivity index (χ2v) is 7.18. The van der Waals surface area contributed by atoms with Crippen LogP contribution in [0.2, 0.25) is 0 Å². The molecule has 1 aromatic heterocycles. The van der Waals surface area contributed by atoms with Crippen LogP contribution in [-0.4, -0.2) is 42.2 Å². The molecule has 0 atom stereocenters. The monoisotopic (exact) mass is 391 g/mol. The summed E-state index contributed by atoms with van der Waals surface area (Å²) in [5, 5.41) is 4.66. The van der Waals surface area contributed by atoms with Crippen LogP contribution >= 0.6 is 0 Å². The second kappa shape index (κ2) is 9.52. The van der Waals surface area contributed by atoms with Crippen molar-refractivity contribution in [3.63, 3.8) is 0 Å². The number of ether oxygens (including phenoxy) is 1. The van der Waals surface area contributed by atoms with Crippen LogP contribution in [0.3, 0.4) is 0 Å². The topological polar surface area (TPSA) is 54.5 Å². The summed E-state index contributed by atoms with van der Waals surface area (Å²) >= 11 is 0. The number of amides is 1. The summed E-state index contributed by atoms with van der Waals surface area (Å²) in [5.74, 6) is 0.467. The number of fused-ring (bicyclic) bond motifs is 1. The maximum absolute atomic E-state index is 12.3.